The molecule has 1 spiro atoms. The molecule has 4 aliphatic rings. The van der Waals surface area contributed by atoms with Crippen LogP contribution in [0.4, 0.5) is 0 Å². The van der Waals surface area contributed by atoms with Gasteiger partial charge < -0.3 is 0 Å². The minimum Gasteiger partial charge on any atom is -0.0870 e. The van der Waals surface area contributed by atoms with E-state index in [1.54, 1.807) is 22.3 Å². The van der Waals surface area contributed by atoms with Gasteiger partial charge in [-0.15, -0.1) is 0 Å². The van der Waals surface area contributed by atoms with Crippen LogP contribution in [0, 0.1) is 5.92 Å². The molecule has 0 heteroatoms. The minimum absolute atomic E-state index is 0.182. The van der Waals surface area contributed by atoms with Crippen LogP contribution in [0.2, 0.25) is 0 Å². The van der Waals surface area contributed by atoms with Crippen molar-refractivity contribution in [3.63, 3.8) is 0 Å². The molecule has 6 rings (SSSR count). The molecule has 0 nitrogen and oxygen atoms in total. The van der Waals surface area contributed by atoms with Crippen LogP contribution < -0.4 is 0 Å². The molecule has 2 aromatic rings. The fourth-order valence-corrected chi connectivity index (χ4v) is 4.85. The number of benzene rings is 2. The SMILES string of the molecule is C1=CC23c4ccccc4C(CC2C1)c1ccccc13. The second-order valence-corrected chi connectivity index (χ2v) is 6.17. The fraction of sp³-hybridized carbons (Fsp3) is 0.263. The van der Waals surface area contributed by atoms with Crippen LogP contribution >= 0.6 is 0 Å². The minimum atomic E-state index is 0.182. The molecule has 0 aliphatic heterocycles. The first-order chi connectivity index (χ1) is 9.41. The van der Waals surface area contributed by atoms with Crippen molar-refractivity contribution in [3.8, 4) is 0 Å². The van der Waals surface area contributed by atoms with Crippen LogP contribution in [-0.4, -0.2) is 0 Å². The highest BCUT2D eigenvalue weighted by Gasteiger charge is 2.53. The van der Waals surface area contributed by atoms with E-state index in [0.717, 1.165) is 5.92 Å². The van der Waals surface area contributed by atoms with E-state index in [9.17, 15) is 0 Å². The van der Waals surface area contributed by atoms with Crippen LogP contribution in [0.3, 0.4) is 0 Å². The summed E-state index contributed by atoms with van der Waals surface area (Å²) in [6, 6.07) is 18.2. The van der Waals surface area contributed by atoms with E-state index in [0.29, 0.717) is 5.92 Å². The van der Waals surface area contributed by atoms with Gasteiger partial charge in [-0.1, -0.05) is 60.7 Å². The summed E-state index contributed by atoms with van der Waals surface area (Å²) in [5.74, 6) is 1.40. The third-order valence-corrected chi connectivity index (χ3v) is 5.53. The zero-order valence-electron chi connectivity index (χ0n) is 10.8. The highest BCUT2D eigenvalue weighted by atomic mass is 14.6. The molecule has 1 unspecified atom stereocenters. The van der Waals surface area contributed by atoms with Gasteiger partial charge >= 0.3 is 0 Å². The lowest BCUT2D eigenvalue weighted by atomic mass is 9.52. The van der Waals surface area contributed by atoms with E-state index >= 15 is 0 Å². The van der Waals surface area contributed by atoms with Crippen LogP contribution in [0.5, 0.6) is 0 Å². The van der Waals surface area contributed by atoms with Gasteiger partial charge in [0, 0.05) is 11.3 Å². The highest BCUT2D eigenvalue weighted by Crippen LogP contribution is 2.62. The quantitative estimate of drug-likeness (QED) is 0.603. The first-order valence-corrected chi connectivity index (χ1v) is 7.28. The Labute approximate surface area is 113 Å². The number of allylic oxidation sites excluding steroid dienone is 2. The molecule has 0 aromatic heterocycles. The van der Waals surface area contributed by atoms with E-state index in [2.05, 4.69) is 60.7 Å². The monoisotopic (exact) mass is 244 g/mol. The maximum atomic E-state index is 2.49. The zero-order valence-corrected chi connectivity index (χ0v) is 10.8. The van der Waals surface area contributed by atoms with Gasteiger partial charge in [0.15, 0.2) is 0 Å². The summed E-state index contributed by atoms with van der Waals surface area (Å²) in [5, 5.41) is 0. The van der Waals surface area contributed by atoms with E-state index < -0.39 is 0 Å². The van der Waals surface area contributed by atoms with E-state index in [1.807, 2.05) is 0 Å². The third-order valence-electron chi connectivity index (χ3n) is 5.53. The van der Waals surface area contributed by atoms with Crippen molar-refractivity contribution >= 4 is 0 Å². The Kier molecular flexibility index (Phi) is 1.68. The maximum absolute atomic E-state index is 2.49. The number of rotatable bonds is 0. The topological polar surface area (TPSA) is 0 Å². The van der Waals surface area contributed by atoms with Crippen LogP contribution in [0.1, 0.15) is 41.0 Å². The maximum Gasteiger partial charge on any atom is 0.0419 e. The third kappa shape index (κ3) is 0.995. The molecule has 0 radical (unpaired) electrons. The summed E-state index contributed by atoms with van der Waals surface area (Å²) in [6.45, 7) is 0. The van der Waals surface area contributed by atoms with Gasteiger partial charge in [0.2, 0.25) is 0 Å². The molecular weight excluding hydrogens is 228 g/mol. The van der Waals surface area contributed by atoms with E-state index in [-0.39, 0.29) is 5.41 Å². The molecule has 4 aliphatic carbocycles. The van der Waals surface area contributed by atoms with Crippen molar-refractivity contribution in [1.29, 1.82) is 0 Å². The Morgan fingerprint density at radius 1 is 0.842 bits per heavy atom. The van der Waals surface area contributed by atoms with Gasteiger partial charge in [-0.3, -0.25) is 0 Å². The van der Waals surface area contributed by atoms with Gasteiger partial charge in [0.1, 0.15) is 0 Å². The van der Waals surface area contributed by atoms with Gasteiger partial charge in [-0.2, -0.15) is 0 Å². The second kappa shape index (κ2) is 3.19. The smallest absolute Gasteiger partial charge is 0.0419 e. The van der Waals surface area contributed by atoms with Crippen molar-refractivity contribution in [1.82, 2.24) is 0 Å². The molecule has 2 aromatic carbocycles. The van der Waals surface area contributed by atoms with Gasteiger partial charge in [0.05, 0.1) is 0 Å². The zero-order chi connectivity index (χ0) is 12.4. The summed E-state index contributed by atoms with van der Waals surface area (Å²) >= 11 is 0. The predicted octanol–water partition coefficient (Wildman–Crippen LogP) is 4.40. The Balaban J connectivity index is 1.95. The second-order valence-electron chi connectivity index (χ2n) is 6.17. The van der Waals surface area contributed by atoms with Gasteiger partial charge in [0.25, 0.3) is 0 Å². The lowest BCUT2D eigenvalue weighted by molar-refractivity contribution is 0.311. The molecule has 0 saturated heterocycles. The Morgan fingerprint density at radius 3 is 2.16 bits per heavy atom. The standard InChI is InChI=1S/C19H16/c1-3-9-17-14(7-1)16-12-13-6-5-11-19(13,17)18-10-4-2-8-15(16)18/h1-5,7-11,13,16H,6,12H2. The number of hydrogen-bond acceptors (Lipinski definition) is 0. The van der Waals surface area contributed by atoms with Crippen molar-refractivity contribution in [2.75, 3.05) is 0 Å². The van der Waals surface area contributed by atoms with Gasteiger partial charge in [-0.05, 0) is 41.0 Å². The molecule has 0 heterocycles. The molecule has 92 valence electrons. The molecule has 2 bridgehead atoms. The summed E-state index contributed by atoms with van der Waals surface area (Å²) in [5.41, 5.74) is 6.47. The molecule has 0 amide bonds. The van der Waals surface area contributed by atoms with Crippen molar-refractivity contribution in [3.05, 3.63) is 82.9 Å². The Morgan fingerprint density at radius 2 is 1.47 bits per heavy atom. The summed E-state index contributed by atoms with van der Waals surface area (Å²) in [7, 11) is 0. The number of hydrogen-bond donors (Lipinski definition) is 0. The average molecular weight is 244 g/mol. The average Bonchev–Trinajstić information content (AvgIpc) is 2.92. The first-order valence-electron chi connectivity index (χ1n) is 7.28. The van der Waals surface area contributed by atoms with Crippen molar-refractivity contribution < 1.29 is 0 Å². The Hall–Kier alpha value is -1.82. The van der Waals surface area contributed by atoms with Crippen molar-refractivity contribution in [2.24, 2.45) is 5.92 Å². The van der Waals surface area contributed by atoms with Crippen LogP contribution in [0.25, 0.3) is 0 Å². The normalized spacial score (nSPS) is 32.8. The lowest BCUT2D eigenvalue weighted by Crippen LogP contribution is -2.43. The summed E-state index contributed by atoms with van der Waals surface area (Å²) in [4.78, 5) is 0. The van der Waals surface area contributed by atoms with Crippen molar-refractivity contribution in [2.45, 2.75) is 24.2 Å². The van der Waals surface area contributed by atoms with Gasteiger partial charge in [-0.25, -0.2) is 0 Å². The van der Waals surface area contributed by atoms with E-state index in [4.69, 9.17) is 0 Å². The predicted molar refractivity (Wildman–Crippen MR) is 77.4 cm³/mol. The van der Waals surface area contributed by atoms with Crippen LogP contribution in [0.15, 0.2) is 60.7 Å². The summed E-state index contributed by atoms with van der Waals surface area (Å²) < 4.78 is 0. The largest absolute Gasteiger partial charge is 0.0870 e. The fourth-order valence-electron chi connectivity index (χ4n) is 4.85. The lowest BCUT2D eigenvalue weighted by Gasteiger charge is -2.51. The molecule has 1 atom stereocenters. The summed E-state index contributed by atoms with van der Waals surface area (Å²) in [6.07, 6.45) is 7.47. The highest BCUT2D eigenvalue weighted by molar-refractivity contribution is 5.63. The molecule has 19 heavy (non-hydrogen) atoms. The molecule has 0 N–H and O–H groups in total. The molecule has 0 fully saturated rings. The van der Waals surface area contributed by atoms with E-state index in [1.165, 1.54) is 12.8 Å². The molecule has 0 saturated carbocycles. The first kappa shape index (κ1) is 10.0. The van der Waals surface area contributed by atoms with Crippen LogP contribution in [-0.2, 0) is 5.41 Å². The Bertz CT molecular complexity index is 660. The molecular formula is C19H16.